The van der Waals surface area contributed by atoms with E-state index in [0.29, 0.717) is 19.9 Å². The Labute approximate surface area is 184 Å². The maximum Gasteiger partial charge on any atom is 0.216 e. The van der Waals surface area contributed by atoms with Gasteiger partial charge >= 0.3 is 0 Å². The second kappa shape index (κ2) is 7.47. The quantitative estimate of drug-likeness (QED) is 0.492. The van der Waals surface area contributed by atoms with Gasteiger partial charge in [0.25, 0.3) is 0 Å². The van der Waals surface area contributed by atoms with Crippen LogP contribution in [0.25, 0.3) is 11.0 Å². The van der Waals surface area contributed by atoms with Gasteiger partial charge in [0, 0.05) is 4.90 Å². The SMILES string of the molecule is CSc1ccc([C@@H]2NC3=NCN(Cc4ccco4)CN3c3nc4ccccc4n32)cc1. The van der Waals surface area contributed by atoms with E-state index >= 15 is 0 Å². The van der Waals surface area contributed by atoms with Crippen LogP contribution in [0.4, 0.5) is 5.95 Å². The molecule has 4 aromatic rings. The molecule has 0 unspecified atom stereocenters. The van der Waals surface area contributed by atoms with Crippen molar-refractivity contribution in [2.75, 3.05) is 24.5 Å². The Balaban J connectivity index is 1.42. The Bertz CT molecular complexity index is 1250. The highest BCUT2D eigenvalue weighted by molar-refractivity contribution is 7.98. The first-order chi connectivity index (χ1) is 15.3. The standard InChI is InChI=1S/C23H22N6OS/c1-31-18-10-8-16(9-11-18)21-26-22-24-14-27(13-17-5-4-12-30-17)15-28(22)23-25-19-6-2-3-7-20(19)29(21)23/h2-12,21H,13-15H2,1H3,(H,24,26)/t21-/m1/s1. The zero-order valence-electron chi connectivity index (χ0n) is 17.1. The molecular weight excluding hydrogens is 408 g/mol. The molecule has 2 aromatic heterocycles. The molecule has 0 aliphatic carbocycles. The molecule has 0 fully saturated rings. The number of benzene rings is 2. The molecule has 0 saturated heterocycles. The van der Waals surface area contributed by atoms with Crippen molar-refractivity contribution in [2.24, 2.45) is 4.99 Å². The zero-order valence-corrected chi connectivity index (χ0v) is 17.9. The molecule has 1 N–H and O–H groups in total. The Kier molecular flexibility index (Phi) is 4.47. The van der Waals surface area contributed by atoms with Crippen molar-refractivity contribution in [3.8, 4) is 0 Å². The van der Waals surface area contributed by atoms with Crippen molar-refractivity contribution in [1.82, 2.24) is 19.8 Å². The highest BCUT2D eigenvalue weighted by atomic mass is 32.2. The van der Waals surface area contributed by atoms with Crippen LogP contribution in [0.3, 0.4) is 0 Å². The molecule has 156 valence electrons. The summed E-state index contributed by atoms with van der Waals surface area (Å²) in [5, 5.41) is 3.67. The number of aromatic nitrogens is 2. The Hall–Kier alpha value is -3.23. The number of imidazole rings is 1. The van der Waals surface area contributed by atoms with E-state index in [4.69, 9.17) is 14.4 Å². The average Bonchev–Trinajstić information content (AvgIpc) is 3.47. The van der Waals surface area contributed by atoms with E-state index in [2.05, 4.69) is 68.4 Å². The van der Waals surface area contributed by atoms with E-state index in [9.17, 15) is 0 Å². The minimum absolute atomic E-state index is 0.0649. The third-order valence-electron chi connectivity index (χ3n) is 5.75. The van der Waals surface area contributed by atoms with Crippen LogP contribution >= 0.6 is 11.8 Å². The highest BCUT2D eigenvalue weighted by Crippen LogP contribution is 2.34. The van der Waals surface area contributed by atoms with Crippen LogP contribution in [-0.2, 0) is 6.54 Å². The maximum atomic E-state index is 5.54. The predicted molar refractivity (Wildman–Crippen MR) is 123 cm³/mol. The number of furan rings is 1. The summed E-state index contributed by atoms with van der Waals surface area (Å²) >= 11 is 1.75. The number of para-hydroxylation sites is 2. The highest BCUT2D eigenvalue weighted by Gasteiger charge is 2.35. The first-order valence-corrected chi connectivity index (χ1v) is 11.5. The van der Waals surface area contributed by atoms with Crippen molar-refractivity contribution in [3.05, 3.63) is 78.3 Å². The van der Waals surface area contributed by atoms with Crippen molar-refractivity contribution >= 4 is 34.7 Å². The Morgan fingerprint density at radius 3 is 2.77 bits per heavy atom. The number of hydrogen-bond acceptors (Lipinski definition) is 7. The molecule has 0 bridgehead atoms. The molecule has 1 atom stereocenters. The molecule has 6 rings (SSSR count). The molecule has 0 saturated carbocycles. The van der Waals surface area contributed by atoms with Gasteiger partial charge in [-0.05, 0) is 48.2 Å². The molecule has 2 aliphatic rings. The summed E-state index contributed by atoms with van der Waals surface area (Å²) in [5.74, 6) is 2.70. The topological polar surface area (TPSA) is 61.8 Å². The number of anilines is 1. The average molecular weight is 431 g/mol. The van der Waals surface area contributed by atoms with Crippen LogP contribution < -0.4 is 10.2 Å². The van der Waals surface area contributed by atoms with Crippen molar-refractivity contribution in [2.45, 2.75) is 17.6 Å². The number of aliphatic imine (C=N–C) groups is 1. The van der Waals surface area contributed by atoms with Gasteiger partial charge in [0.15, 0.2) is 0 Å². The summed E-state index contributed by atoms with van der Waals surface area (Å²) in [6.07, 6.45) is 3.74. The van der Waals surface area contributed by atoms with E-state index in [1.807, 2.05) is 18.2 Å². The lowest BCUT2D eigenvalue weighted by Crippen LogP contribution is -2.57. The molecule has 7 nitrogen and oxygen atoms in total. The fourth-order valence-corrected chi connectivity index (χ4v) is 4.66. The molecule has 0 spiro atoms. The summed E-state index contributed by atoms with van der Waals surface area (Å²) in [5.41, 5.74) is 3.27. The minimum atomic E-state index is -0.0649. The van der Waals surface area contributed by atoms with Crippen molar-refractivity contribution in [3.63, 3.8) is 0 Å². The van der Waals surface area contributed by atoms with E-state index in [1.54, 1.807) is 18.0 Å². The Morgan fingerprint density at radius 2 is 1.97 bits per heavy atom. The van der Waals surface area contributed by atoms with Gasteiger partial charge in [0.2, 0.25) is 11.9 Å². The van der Waals surface area contributed by atoms with Gasteiger partial charge in [-0.3, -0.25) is 14.4 Å². The smallest absolute Gasteiger partial charge is 0.216 e. The fraction of sp³-hybridized carbons (Fsp3) is 0.217. The first-order valence-electron chi connectivity index (χ1n) is 10.2. The molecular formula is C23H22N6OS. The predicted octanol–water partition coefficient (Wildman–Crippen LogP) is 4.09. The largest absolute Gasteiger partial charge is 0.468 e. The summed E-state index contributed by atoms with van der Waals surface area (Å²) in [7, 11) is 0. The monoisotopic (exact) mass is 430 g/mol. The van der Waals surface area contributed by atoms with E-state index in [-0.39, 0.29) is 6.17 Å². The van der Waals surface area contributed by atoms with Crippen LogP contribution in [-0.4, -0.2) is 40.0 Å². The van der Waals surface area contributed by atoms with Gasteiger partial charge in [-0.15, -0.1) is 11.8 Å². The van der Waals surface area contributed by atoms with Crippen LogP contribution in [0, 0.1) is 0 Å². The second-order valence-electron chi connectivity index (χ2n) is 7.69. The van der Waals surface area contributed by atoms with Gasteiger partial charge in [-0.2, -0.15) is 0 Å². The van der Waals surface area contributed by atoms with E-state index in [0.717, 1.165) is 28.7 Å². The number of thioether (sulfide) groups is 1. The fourth-order valence-electron chi connectivity index (χ4n) is 4.25. The van der Waals surface area contributed by atoms with Gasteiger partial charge in [-0.25, -0.2) is 9.98 Å². The van der Waals surface area contributed by atoms with E-state index < -0.39 is 0 Å². The third-order valence-corrected chi connectivity index (χ3v) is 6.49. The molecule has 31 heavy (non-hydrogen) atoms. The number of nitrogens with one attached hydrogen (secondary N) is 1. The van der Waals surface area contributed by atoms with Gasteiger partial charge < -0.3 is 9.73 Å². The molecule has 0 amide bonds. The van der Waals surface area contributed by atoms with Crippen molar-refractivity contribution in [1.29, 1.82) is 0 Å². The van der Waals surface area contributed by atoms with Gasteiger partial charge in [-0.1, -0.05) is 24.3 Å². The number of hydrogen-bond donors (Lipinski definition) is 1. The zero-order chi connectivity index (χ0) is 20.8. The summed E-state index contributed by atoms with van der Waals surface area (Å²) < 4.78 is 7.81. The van der Waals surface area contributed by atoms with Crippen LogP contribution in [0.5, 0.6) is 0 Å². The lowest BCUT2D eigenvalue weighted by atomic mass is 10.1. The summed E-state index contributed by atoms with van der Waals surface area (Å²) in [6.45, 7) is 2.01. The number of rotatable bonds is 4. The van der Waals surface area contributed by atoms with Crippen LogP contribution in [0.15, 0.2) is 81.2 Å². The summed E-state index contributed by atoms with van der Waals surface area (Å²) in [6, 6.07) is 20.9. The molecule has 2 aliphatic heterocycles. The third kappa shape index (κ3) is 3.19. The molecule has 2 aromatic carbocycles. The number of fused-ring (bicyclic) bond motifs is 5. The normalized spacial score (nSPS) is 18.4. The number of guanidine groups is 1. The lowest BCUT2D eigenvalue weighted by Gasteiger charge is -2.41. The minimum Gasteiger partial charge on any atom is -0.468 e. The number of nitrogens with zero attached hydrogens (tertiary/aromatic N) is 5. The van der Waals surface area contributed by atoms with Crippen LogP contribution in [0.2, 0.25) is 0 Å². The Morgan fingerprint density at radius 1 is 1.10 bits per heavy atom. The molecule has 4 heterocycles. The maximum absolute atomic E-state index is 5.54. The van der Waals surface area contributed by atoms with Crippen molar-refractivity contribution < 1.29 is 4.42 Å². The molecule has 0 radical (unpaired) electrons. The second-order valence-corrected chi connectivity index (χ2v) is 8.57. The molecule has 8 heteroatoms. The van der Waals surface area contributed by atoms with Gasteiger partial charge in [0.1, 0.15) is 11.9 Å². The lowest BCUT2D eigenvalue weighted by molar-refractivity contribution is 0.243. The summed E-state index contributed by atoms with van der Waals surface area (Å²) in [4.78, 5) is 15.5. The van der Waals surface area contributed by atoms with E-state index in [1.165, 1.54) is 10.5 Å². The van der Waals surface area contributed by atoms with Crippen LogP contribution in [0.1, 0.15) is 17.5 Å². The first kappa shape index (κ1) is 18.5. The van der Waals surface area contributed by atoms with Gasteiger partial charge in [0.05, 0.1) is 37.2 Å².